The highest BCUT2D eigenvalue weighted by Crippen LogP contribution is 2.39. The normalized spacial score (nSPS) is 10.3. The molecule has 0 bridgehead atoms. The van der Waals surface area contributed by atoms with Crippen LogP contribution in [0.5, 0.6) is 17.2 Å². The minimum absolute atomic E-state index is 0.0764. The predicted octanol–water partition coefficient (Wildman–Crippen LogP) is 3.55. The van der Waals surface area contributed by atoms with E-state index in [0.29, 0.717) is 34.4 Å². The lowest BCUT2D eigenvalue weighted by Gasteiger charge is -2.14. The first-order valence-electron chi connectivity index (χ1n) is 8.25. The summed E-state index contributed by atoms with van der Waals surface area (Å²) < 4.78 is 21.2. The lowest BCUT2D eigenvalue weighted by Crippen LogP contribution is -2.14. The van der Waals surface area contributed by atoms with Gasteiger partial charge in [-0.3, -0.25) is 4.79 Å². The molecule has 0 atom stereocenters. The van der Waals surface area contributed by atoms with Crippen LogP contribution in [0.25, 0.3) is 11.3 Å². The molecule has 0 fully saturated rings. The third-order valence-electron chi connectivity index (χ3n) is 3.91. The fourth-order valence-corrected chi connectivity index (χ4v) is 2.66. The van der Waals surface area contributed by atoms with E-state index in [1.54, 1.807) is 18.2 Å². The van der Waals surface area contributed by atoms with E-state index in [4.69, 9.17) is 18.7 Å². The fraction of sp³-hybridized carbons (Fsp3) is 0.200. The Morgan fingerprint density at radius 2 is 1.67 bits per heavy atom. The Hall–Kier alpha value is -3.48. The fourth-order valence-electron chi connectivity index (χ4n) is 2.66. The topological polar surface area (TPSA) is 82.8 Å². The van der Waals surface area contributed by atoms with Crippen LogP contribution in [0, 0.1) is 0 Å². The molecule has 0 spiro atoms. The zero-order chi connectivity index (χ0) is 19.2. The van der Waals surface area contributed by atoms with E-state index in [1.807, 2.05) is 30.3 Å². The van der Waals surface area contributed by atoms with Crippen LogP contribution in [0.2, 0.25) is 0 Å². The van der Waals surface area contributed by atoms with Crippen molar-refractivity contribution in [2.24, 2.45) is 0 Å². The summed E-state index contributed by atoms with van der Waals surface area (Å²) in [6, 6.07) is 14.7. The molecule has 27 heavy (non-hydrogen) atoms. The molecule has 0 saturated heterocycles. The first kappa shape index (κ1) is 18.3. The average Bonchev–Trinajstić information content (AvgIpc) is 3.16. The first-order chi connectivity index (χ1) is 13.1. The Morgan fingerprint density at radius 3 is 2.26 bits per heavy atom. The molecule has 0 aliphatic rings. The highest BCUT2D eigenvalue weighted by Gasteiger charge is 2.16. The van der Waals surface area contributed by atoms with E-state index in [9.17, 15) is 4.79 Å². The summed E-state index contributed by atoms with van der Waals surface area (Å²) in [7, 11) is 4.56. The second kappa shape index (κ2) is 8.27. The van der Waals surface area contributed by atoms with Gasteiger partial charge in [0.25, 0.3) is 0 Å². The lowest BCUT2D eigenvalue weighted by atomic mass is 10.1. The molecular formula is C20H20N2O5. The summed E-state index contributed by atoms with van der Waals surface area (Å²) in [5.41, 5.74) is 1.97. The number of nitrogens with one attached hydrogen (secondary N) is 1. The van der Waals surface area contributed by atoms with Gasteiger partial charge in [-0.15, -0.1) is 0 Å². The Balaban J connectivity index is 1.72. The lowest BCUT2D eigenvalue weighted by molar-refractivity contribution is -0.115. The summed E-state index contributed by atoms with van der Waals surface area (Å²) in [5.74, 6) is 1.75. The second-order valence-corrected chi connectivity index (χ2v) is 5.69. The number of ether oxygens (including phenoxy) is 3. The molecule has 1 aromatic heterocycles. The van der Waals surface area contributed by atoms with Crippen LogP contribution in [0.4, 0.5) is 5.69 Å². The monoisotopic (exact) mass is 368 g/mol. The SMILES string of the molecule is COc1cc(NC(=O)Cc2cc(-c3ccccc3)on2)cc(OC)c1OC. The van der Waals surface area contributed by atoms with Gasteiger partial charge in [-0.2, -0.15) is 0 Å². The van der Waals surface area contributed by atoms with E-state index >= 15 is 0 Å². The van der Waals surface area contributed by atoms with Crippen molar-refractivity contribution in [3.05, 3.63) is 54.2 Å². The van der Waals surface area contributed by atoms with Crippen LogP contribution < -0.4 is 19.5 Å². The van der Waals surface area contributed by atoms with Gasteiger partial charge in [0.1, 0.15) is 0 Å². The number of hydrogen-bond donors (Lipinski definition) is 1. The van der Waals surface area contributed by atoms with Crippen molar-refractivity contribution in [1.82, 2.24) is 5.16 Å². The van der Waals surface area contributed by atoms with Crippen molar-refractivity contribution in [2.45, 2.75) is 6.42 Å². The molecule has 0 unspecified atom stereocenters. The Bertz CT molecular complexity index is 896. The van der Waals surface area contributed by atoms with Crippen molar-refractivity contribution in [3.8, 4) is 28.6 Å². The molecule has 7 heteroatoms. The van der Waals surface area contributed by atoms with E-state index in [1.165, 1.54) is 21.3 Å². The van der Waals surface area contributed by atoms with E-state index in [2.05, 4.69) is 10.5 Å². The largest absolute Gasteiger partial charge is 0.493 e. The molecule has 140 valence electrons. The average molecular weight is 368 g/mol. The summed E-state index contributed by atoms with van der Waals surface area (Å²) in [6.07, 6.45) is 0.0764. The van der Waals surface area contributed by atoms with Crippen molar-refractivity contribution < 1.29 is 23.5 Å². The molecule has 0 aliphatic heterocycles. The summed E-state index contributed by atoms with van der Waals surface area (Å²) in [4.78, 5) is 12.4. The number of hydrogen-bond acceptors (Lipinski definition) is 6. The van der Waals surface area contributed by atoms with Crippen LogP contribution in [0.3, 0.4) is 0 Å². The predicted molar refractivity (Wildman–Crippen MR) is 100 cm³/mol. The minimum Gasteiger partial charge on any atom is -0.493 e. The molecular weight excluding hydrogens is 348 g/mol. The van der Waals surface area contributed by atoms with Crippen LogP contribution in [-0.4, -0.2) is 32.4 Å². The molecule has 1 heterocycles. The van der Waals surface area contributed by atoms with E-state index in [0.717, 1.165) is 5.56 Å². The number of rotatable bonds is 7. The minimum atomic E-state index is -0.239. The highest BCUT2D eigenvalue weighted by molar-refractivity contribution is 5.93. The van der Waals surface area contributed by atoms with Gasteiger partial charge in [-0.25, -0.2) is 0 Å². The molecule has 2 aromatic carbocycles. The molecule has 0 saturated carbocycles. The maximum atomic E-state index is 12.4. The molecule has 3 rings (SSSR count). The van der Waals surface area contributed by atoms with Crippen LogP contribution in [-0.2, 0) is 11.2 Å². The van der Waals surface area contributed by atoms with Crippen molar-refractivity contribution in [2.75, 3.05) is 26.6 Å². The standard InChI is InChI=1S/C20H20N2O5/c1-24-17-9-14(10-18(25-2)20(17)26-3)21-19(23)12-15-11-16(27-22-15)13-7-5-4-6-8-13/h4-11H,12H2,1-3H3,(H,21,23). The van der Waals surface area contributed by atoms with Gasteiger partial charge >= 0.3 is 0 Å². The highest BCUT2D eigenvalue weighted by atomic mass is 16.5. The van der Waals surface area contributed by atoms with Crippen molar-refractivity contribution in [1.29, 1.82) is 0 Å². The first-order valence-corrected chi connectivity index (χ1v) is 8.25. The van der Waals surface area contributed by atoms with Crippen LogP contribution in [0.1, 0.15) is 5.69 Å². The number of amides is 1. The molecule has 1 amide bonds. The molecule has 0 aliphatic carbocycles. The van der Waals surface area contributed by atoms with Gasteiger partial charge in [0.2, 0.25) is 11.7 Å². The number of anilines is 1. The van der Waals surface area contributed by atoms with E-state index < -0.39 is 0 Å². The zero-order valence-corrected chi connectivity index (χ0v) is 15.3. The van der Waals surface area contributed by atoms with Gasteiger partial charge in [0.05, 0.1) is 33.4 Å². The van der Waals surface area contributed by atoms with Crippen LogP contribution >= 0.6 is 0 Å². The van der Waals surface area contributed by atoms with Gasteiger partial charge in [-0.05, 0) is 0 Å². The number of benzene rings is 2. The Morgan fingerprint density at radius 1 is 1.00 bits per heavy atom. The second-order valence-electron chi connectivity index (χ2n) is 5.69. The molecule has 1 N–H and O–H groups in total. The maximum absolute atomic E-state index is 12.4. The quantitative estimate of drug-likeness (QED) is 0.687. The molecule has 0 radical (unpaired) electrons. The maximum Gasteiger partial charge on any atom is 0.230 e. The van der Waals surface area contributed by atoms with Gasteiger partial charge in [0.15, 0.2) is 17.3 Å². The van der Waals surface area contributed by atoms with Gasteiger partial charge < -0.3 is 24.1 Å². The summed E-state index contributed by atoms with van der Waals surface area (Å²) >= 11 is 0. The summed E-state index contributed by atoms with van der Waals surface area (Å²) in [6.45, 7) is 0. The number of carbonyl (C=O) groups is 1. The number of nitrogens with zero attached hydrogens (tertiary/aromatic N) is 1. The Labute approximate surface area is 156 Å². The Kier molecular flexibility index (Phi) is 5.61. The zero-order valence-electron chi connectivity index (χ0n) is 15.3. The van der Waals surface area contributed by atoms with Gasteiger partial charge in [0, 0.05) is 29.4 Å². The summed E-state index contributed by atoms with van der Waals surface area (Å²) in [5, 5.41) is 6.77. The molecule has 3 aromatic rings. The molecule has 7 nitrogen and oxygen atoms in total. The van der Waals surface area contributed by atoms with Gasteiger partial charge in [-0.1, -0.05) is 35.5 Å². The third-order valence-corrected chi connectivity index (χ3v) is 3.91. The van der Waals surface area contributed by atoms with Crippen LogP contribution in [0.15, 0.2) is 53.1 Å². The number of carbonyl (C=O) groups excluding carboxylic acids is 1. The smallest absolute Gasteiger partial charge is 0.230 e. The number of methoxy groups -OCH3 is 3. The van der Waals surface area contributed by atoms with E-state index in [-0.39, 0.29) is 12.3 Å². The third kappa shape index (κ3) is 4.20. The van der Waals surface area contributed by atoms with Crippen molar-refractivity contribution in [3.63, 3.8) is 0 Å². The number of aromatic nitrogens is 1. The van der Waals surface area contributed by atoms with Crippen molar-refractivity contribution >= 4 is 11.6 Å².